The lowest BCUT2D eigenvalue weighted by molar-refractivity contribution is 0.0686. The number of anilines is 1. The second-order valence-corrected chi connectivity index (χ2v) is 7.98. The second-order valence-electron chi connectivity index (χ2n) is 6.33. The van der Waals surface area contributed by atoms with Crippen LogP contribution in [0.25, 0.3) is 0 Å². The van der Waals surface area contributed by atoms with Crippen molar-refractivity contribution >= 4 is 27.6 Å². The van der Waals surface area contributed by atoms with Crippen LogP contribution >= 0.6 is 0 Å². The first-order valence-electron chi connectivity index (χ1n) is 8.05. The summed E-state index contributed by atoms with van der Waals surface area (Å²) in [6, 6.07) is 4.26. The molecule has 9 heteroatoms. The van der Waals surface area contributed by atoms with Crippen LogP contribution in [0.1, 0.15) is 43.8 Å². The molecule has 0 saturated carbocycles. The fourth-order valence-corrected chi connectivity index (χ4v) is 4.75. The summed E-state index contributed by atoms with van der Waals surface area (Å²) < 4.78 is 41.7. The van der Waals surface area contributed by atoms with Crippen molar-refractivity contribution in [2.24, 2.45) is 0 Å². The number of sulfonamides is 1. The number of rotatable bonds is 5. The second kappa shape index (κ2) is 6.66. The van der Waals surface area contributed by atoms with Crippen molar-refractivity contribution in [1.82, 2.24) is 0 Å². The molecular formula is C18H16FNO6S. The highest BCUT2D eigenvalue weighted by Crippen LogP contribution is 2.32. The number of benzene rings is 2. The Balaban J connectivity index is 2.15. The molecule has 0 spiro atoms. The molecule has 0 heterocycles. The highest BCUT2D eigenvalue weighted by atomic mass is 32.2. The largest absolute Gasteiger partial charge is 0.478 e. The van der Waals surface area contributed by atoms with E-state index in [1.165, 1.54) is 13.0 Å². The van der Waals surface area contributed by atoms with Crippen molar-refractivity contribution in [3.8, 4) is 0 Å². The molecular weight excluding hydrogens is 377 g/mol. The van der Waals surface area contributed by atoms with Gasteiger partial charge in [0.25, 0.3) is 10.0 Å². The van der Waals surface area contributed by atoms with Crippen LogP contribution in [0.3, 0.4) is 0 Å². The number of halogens is 1. The fourth-order valence-electron chi connectivity index (χ4n) is 3.27. The molecule has 3 N–H and O–H groups in total. The van der Waals surface area contributed by atoms with E-state index in [0.29, 0.717) is 30.4 Å². The van der Waals surface area contributed by atoms with E-state index in [9.17, 15) is 32.6 Å². The maximum absolute atomic E-state index is 13.5. The van der Waals surface area contributed by atoms with Crippen LogP contribution in [0.5, 0.6) is 0 Å². The molecule has 0 fully saturated rings. The van der Waals surface area contributed by atoms with Crippen molar-refractivity contribution < 1.29 is 32.6 Å². The predicted molar refractivity (Wildman–Crippen MR) is 94.3 cm³/mol. The first-order chi connectivity index (χ1) is 12.6. The molecule has 0 aliphatic heterocycles. The number of hydrogen-bond donors (Lipinski definition) is 3. The van der Waals surface area contributed by atoms with Crippen LogP contribution in [0.4, 0.5) is 10.1 Å². The Bertz CT molecular complexity index is 1080. The topological polar surface area (TPSA) is 121 Å². The van der Waals surface area contributed by atoms with E-state index < -0.39 is 33.3 Å². The van der Waals surface area contributed by atoms with E-state index in [0.717, 1.165) is 18.2 Å². The Morgan fingerprint density at radius 2 is 1.78 bits per heavy atom. The third-order valence-corrected chi connectivity index (χ3v) is 5.89. The highest BCUT2D eigenvalue weighted by molar-refractivity contribution is 7.92. The maximum atomic E-state index is 13.5. The van der Waals surface area contributed by atoms with Crippen LogP contribution in [0, 0.1) is 12.7 Å². The lowest BCUT2D eigenvalue weighted by Crippen LogP contribution is -2.19. The predicted octanol–water partition coefficient (Wildman–Crippen LogP) is 2.82. The van der Waals surface area contributed by atoms with Gasteiger partial charge in [-0.2, -0.15) is 0 Å². The van der Waals surface area contributed by atoms with Gasteiger partial charge in [-0.25, -0.2) is 22.4 Å². The van der Waals surface area contributed by atoms with Gasteiger partial charge in [0.15, 0.2) is 0 Å². The summed E-state index contributed by atoms with van der Waals surface area (Å²) in [5.74, 6) is -3.55. The molecule has 0 aromatic heterocycles. The average molecular weight is 393 g/mol. The van der Waals surface area contributed by atoms with Gasteiger partial charge in [0, 0.05) is 0 Å². The summed E-state index contributed by atoms with van der Waals surface area (Å²) in [6.45, 7) is 1.38. The number of fused-ring (bicyclic) bond motifs is 1. The number of aryl methyl sites for hydroxylation is 2. The molecule has 7 nitrogen and oxygen atoms in total. The Morgan fingerprint density at radius 1 is 1.07 bits per heavy atom. The molecule has 0 radical (unpaired) electrons. The summed E-state index contributed by atoms with van der Waals surface area (Å²) in [4.78, 5) is 22.5. The van der Waals surface area contributed by atoms with Gasteiger partial charge in [-0.1, -0.05) is 0 Å². The lowest BCUT2D eigenvalue weighted by Gasteiger charge is -2.16. The number of carboxylic acid groups (broad SMARTS) is 2. The van der Waals surface area contributed by atoms with E-state index in [1.54, 1.807) is 0 Å². The Kier molecular flexibility index (Phi) is 4.64. The molecule has 2 aromatic rings. The van der Waals surface area contributed by atoms with Crippen molar-refractivity contribution in [3.63, 3.8) is 0 Å². The number of carbonyl (C=O) groups is 2. The Hall–Kier alpha value is -2.94. The van der Waals surface area contributed by atoms with E-state index in [2.05, 4.69) is 4.72 Å². The molecule has 1 aliphatic rings. The maximum Gasteiger partial charge on any atom is 0.337 e. The lowest BCUT2D eigenvalue weighted by atomic mass is 10.1. The van der Waals surface area contributed by atoms with Gasteiger partial charge in [-0.3, -0.25) is 4.72 Å². The van der Waals surface area contributed by atoms with E-state index in [-0.39, 0.29) is 21.7 Å². The quantitative estimate of drug-likeness (QED) is 0.718. The van der Waals surface area contributed by atoms with Gasteiger partial charge in [0.05, 0.1) is 21.7 Å². The molecule has 0 saturated heterocycles. The van der Waals surface area contributed by atoms with Crippen LogP contribution in [-0.2, 0) is 22.9 Å². The molecule has 2 aromatic carbocycles. The normalized spacial score (nSPS) is 13.3. The summed E-state index contributed by atoms with van der Waals surface area (Å²) in [6.07, 6.45) is 1.73. The van der Waals surface area contributed by atoms with E-state index in [4.69, 9.17) is 0 Å². The van der Waals surface area contributed by atoms with Crippen molar-refractivity contribution in [2.45, 2.75) is 31.1 Å². The summed E-state index contributed by atoms with van der Waals surface area (Å²) in [7, 11) is -4.29. The molecule has 3 rings (SSSR count). The minimum atomic E-state index is -4.29. The molecule has 142 valence electrons. The Morgan fingerprint density at radius 3 is 2.41 bits per heavy atom. The monoisotopic (exact) mass is 393 g/mol. The first kappa shape index (κ1) is 18.8. The number of hydrogen-bond acceptors (Lipinski definition) is 4. The zero-order chi connectivity index (χ0) is 19.9. The molecule has 1 aliphatic carbocycles. The standard InChI is InChI=1S/C18H16FNO6S/c1-9-5-12(19)8-14(18(23)24)16(9)20-27(25,26)15-7-11(17(21)22)6-10-3-2-4-13(10)15/h5-8,20H,2-4H2,1H3,(H,21,22)(H,23,24). The summed E-state index contributed by atoms with van der Waals surface area (Å²) in [5.41, 5.74) is 0.319. The van der Waals surface area contributed by atoms with Crippen LogP contribution < -0.4 is 4.72 Å². The minimum Gasteiger partial charge on any atom is -0.478 e. The van der Waals surface area contributed by atoms with Gasteiger partial charge in [-0.05, 0) is 67.1 Å². The van der Waals surface area contributed by atoms with Crippen LogP contribution in [0.2, 0.25) is 0 Å². The van der Waals surface area contributed by atoms with Gasteiger partial charge < -0.3 is 10.2 Å². The van der Waals surface area contributed by atoms with Crippen LogP contribution in [0.15, 0.2) is 29.2 Å². The van der Waals surface area contributed by atoms with Gasteiger partial charge in [-0.15, -0.1) is 0 Å². The zero-order valence-corrected chi connectivity index (χ0v) is 15.1. The van der Waals surface area contributed by atoms with Gasteiger partial charge in [0.1, 0.15) is 5.82 Å². The van der Waals surface area contributed by atoms with E-state index in [1.807, 2.05) is 0 Å². The molecule has 0 atom stereocenters. The summed E-state index contributed by atoms with van der Waals surface area (Å²) in [5, 5.41) is 18.5. The molecule has 0 bridgehead atoms. The Labute approximate surface area is 154 Å². The van der Waals surface area contributed by atoms with Crippen molar-refractivity contribution in [3.05, 3.63) is 57.9 Å². The molecule has 27 heavy (non-hydrogen) atoms. The smallest absolute Gasteiger partial charge is 0.337 e. The fraction of sp³-hybridized carbons (Fsp3) is 0.222. The average Bonchev–Trinajstić information content (AvgIpc) is 3.04. The minimum absolute atomic E-state index is 0.0991. The van der Waals surface area contributed by atoms with Crippen LogP contribution in [-0.4, -0.2) is 30.6 Å². The van der Waals surface area contributed by atoms with E-state index >= 15 is 0 Å². The third kappa shape index (κ3) is 3.50. The first-order valence-corrected chi connectivity index (χ1v) is 9.54. The summed E-state index contributed by atoms with van der Waals surface area (Å²) >= 11 is 0. The third-order valence-electron chi connectivity index (χ3n) is 4.48. The molecule has 0 amide bonds. The zero-order valence-electron chi connectivity index (χ0n) is 14.2. The number of carboxylic acids is 2. The van der Waals surface area contributed by atoms with Gasteiger partial charge >= 0.3 is 11.9 Å². The number of aromatic carboxylic acids is 2. The van der Waals surface area contributed by atoms with Crippen molar-refractivity contribution in [2.75, 3.05) is 4.72 Å². The molecule has 0 unspecified atom stereocenters. The SMILES string of the molecule is Cc1cc(F)cc(C(=O)O)c1NS(=O)(=O)c1cc(C(=O)O)cc2c1CCC2. The number of nitrogens with one attached hydrogen (secondary N) is 1. The van der Waals surface area contributed by atoms with Gasteiger partial charge in [0.2, 0.25) is 0 Å². The highest BCUT2D eigenvalue weighted by Gasteiger charge is 2.28. The van der Waals surface area contributed by atoms with Crippen molar-refractivity contribution in [1.29, 1.82) is 0 Å².